The van der Waals surface area contributed by atoms with Gasteiger partial charge in [0.15, 0.2) is 8.45 Å². The minimum absolute atomic E-state index is 0.533. The minimum Gasteiger partial charge on any atom is -0.331 e. The Bertz CT molecular complexity index is 123. The van der Waals surface area contributed by atoms with Gasteiger partial charge in [0.2, 0.25) is 0 Å². The molecule has 0 atom stereocenters. The van der Waals surface area contributed by atoms with Gasteiger partial charge in [-0.1, -0.05) is 0 Å². The Labute approximate surface area is 82.5 Å². The molecule has 0 bridgehead atoms. The van der Waals surface area contributed by atoms with Crippen LogP contribution in [-0.2, 0) is 4.52 Å². The molecule has 4 N–H and O–H groups in total. The Morgan fingerprint density at radius 2 is 1.62 bits per heavy atom. The average molecular weight is 207 g/mol. The molecule has 0 saturated carbocycles. The Morgan fingerprint density at radius 3 is 1.92 bits per heavy atom. The predicted molar refractivity (Wildman–Crippen MR) is 58.2 cm³/mol. The number of rotatable bonds is 6. The molecule has 4 nitrogen and oxygen atoms in total. The van der Waals surface area contributed by atoms with Crippen LogP contribution in [0.25, 0.3) is 0 Å². The second-order valence-corrected chi connectivity index (χ2v) is 4.60. The molecule has 0 unspecified atom stereocenters. The molecule has 0 aromatic carbocycles. The van der Waals surface area contributed by atoms with Crippen molar-refractivity contribution in [2.24, 2.45) is 11.0 Å². The van der Waals surface area contributed by atoms with Crippen molar-refractivity contribution in [3.63, 3.8) is 0 Å². The second kappa shape index (κ2) is 6.68. The van der Waals surface area contributed by atoms with E-state index in [2.05, 4.69) is 32.6 Å². The molecule has 0 aliphatic rings. The van der Waals surface area contributed by atoms with Gasteiger partial charge in [0, 0.05) is 18.6 Å². The highest BCUT2D eigenvalue weighted by Gasteiger charge is 2.12. The van der Waals surface area contributed by atoms with E-state index >= 15 is 0 Å². The quantitative estimate of drug-likeness (QED) is 0.644. The van der Waals surface area contributed by atoms with Crippen LogP contribution in [-0.4, -0.2) is 30.1 Å². The summed E-state index contributed by atoms with van der Waals surface area (Å²) in [5.74, 6) is 0. The molecule has 0 rings (SSSR count). The fourth-order valence-corrected chi connectivity index (χ4v) is 1.66. The summed E-state index contributed by atoms with van der Waals surface area (Å²) in [6.45, 7) is 10.2. The van der Waals surface area contributed by atoms with Crippen molar-refractivity contribution in [2.75, 3.05) is 13.2 Å². The van der Waals surface area contributed by atoms with Gasteiger partial charge in [0.1, 0.15) is 0 Å². The molecule has 0 heterocycles. The third-order valence-electron chi connectivity index (χ3n) is 1.92. The molecule has 80 valence electrons. The first-order valence-corrected chi connectivity index (χ1v) is 6.03. The summed E-state index contributed by atoms with van der Waals surface area (Å²) >= 11 is 0. The van der Waals surface area contributed by atoms with Crippen molar-refractivity contribution < 1.29 is 4.52 Å². The Kier molecular flexibility index (Phi) is 6.82. The first-order chi connectivity index (χ1) is 5.95. The number of nitrogens with zero attached hydrogens (tertiary/aromatic N) is 1. The molecule has 0 aromatic rings. The standard InChI is InChI=1S/C8H22N3OP/c1-7(2)11(8(3)4)5-6-12-13(9)10/h7-8H,5-6,9-10H2,1-4H3. The van der Waals surface area contributed by atoms with E-state index in [-0.39, 0.29) is 0 Å². The SMILES string of the molecule is CC(C)N(CCOP(N)N)C(C)C. The van der Waals surface area contributed by atoms with Crippen LogP contribution in [0.2, 0.25) is 0 Å². The Balaban J connectivity index is 3.70. The average Bonchev–Trinajstić information content (AvgIpc) is 1.95. The van der Waals surface area contributed by atoms with Crippen LogP contribution in [0.4, 0.5) is 0 Å². The molecular formula is C8H22N3OP. The Morgan fingerprint density at radius 1 is 1.15 bits per heavy atom. The van der Waals surface area contributed by atoms with E-state index in [1.807, 2.05) is 0 Å². The van der Waals surface area contributed by atoms with Crippen molar-refractivity contribution in [3.05, 3.63) is 0 Å². The van der Waals surface area contributed by atoms with E-state index in [1.165, 1.54) is 0 Å². The lowest BCUT2D eigenvalue weighted by molar-refractivity contribution is 0.146. The summed E-state index contributed by atoms with van der Waals surface area (Å²) in [6.07, 6.45) is 0. The first-order valence-electron chi connectivity index (χ1n) is 4.63. The smallest absolute Gasteiger partial charge is 0.176 e. The predicted octanol–water partition coefficient (Wildman–Crippen LogP) is 1.27. The molecule has 5 heteroatoms. The summed E-state index contributed by atoms with van der Waals surface area (Å²) in [5.41, 5.74) is 10.7. The van der Waals surface area contributed by atoms with Gasteiger partial charge in [0.25, 0.3) is 0 Å². The molecular weight excluding hydrogens is 185 g/mol. The van der Waals surface area contributed by atoms with E-state index in [9.17, 15) is 0 Å². The zero-order valence-corrected chi connectivity index (χ0v) is 9.92. The van der Waals surface area contributed by atoms with Crippen molar-refractivity contribution in [2.45, 2.75) is 39.8 Å². The molecule has 0 amide bonds. The molecule has 0 saturated heterocycles. The van der Waals surface area contributed by atoms with Gasteiger partial charge < -0.3 is 4.52 Å². The zero-order chi connectivity index (χ0) is 10.4. The van der Waals surface area contributed by atoms with E-state index in [4.69, 9.17) is 15.5 Å². The van der Waals surface area contributed by atoms with Crippen LogP contribution in [0.3, 0.4) is 0 Å². The molecule has 13 heavy (non-hydrogen) atoms. The largest absolute Gasteiger partial charge is 0.331 e. The fourth-order valence-electron chi connectivity index (χ4n) is 1.36. The van der Waals surface area contributed by atoms with Crippen molar-refractivity contribution in [1.82, 2.24) is 4.90 Å². The second-order valence-electron chi connectivity index (χ2n) is 3.62. The highest BCUT2D eigenvalue weighted by Crippen LogP contribution is 2.14. The highest BCUT2D eigenvalue weighted by atomic mass is 31.2. The fraction of sp³-hybridized carbons (Fsp3) is 1.00. The monoisotopic (exact) mass is 207 g/mol. The van der Waals surface area contributed by atoms with Crippen molar-refractivity contribution >= 4 is 8.45 Å². The van der Waals surface area contributed by atoms with E-state index < -0.39 is 8.45 Å². The molecule has 0 fully saturated rings. The summed E-state index contributed by atoms with van der Waals surface area (Å²) in [6, 6.07) is 1.07. The normalized spacial score (nSPS) is 12.5. The maximum atomic E-state index is 5.33. The molecule has 0 aliphatic heterocycles. The maximum Gasteiger partial charge on any atom is 0.176 e. The maximum absolute atomic E-state index is 5.33. The van der Waals surface area contributed by atoms with Crippen LogP contribution in [0.1, 0.15) is 27.7 Å². The van der Waals surface area contributed by atoms with E-state index in [1.54, 1.807) is 0 Å². The van der Waals surface area contributed by atoms with Crippen LogP contribution in [0.15, 0.2) is 0 Å². The number of hydrogen-bond acceptors (Lipinski definition) is 4. The van der Waals surface area contributed by atoms with Gasteiger partial charge >= 0.3 is 0 Å². The summed E-state index contributed by atoms with van der Waals surface area (Å²) < 4.78 is 5.15. The summed E-state index contributed by atoms with van der Waals surface area (Å²) in [4.78, 5) is 2.35. The van der Waals surface area contributed by atoms with Gasteiger partial charge in [-0.25, -0.2) is 0 Å². The van der Waals surface area contributed by atoms with Gasteiger partial charge in [-0.05, 0) is 27.7 Å². The molecule has 0 aromatic heterocycles. The summed E-state index contributed by atoms with van der Waals surface area (Å²) in [5, 5.41) is 0. The van der Waals surface area contributed by atoms with Crippen molar-refractivity contribution in [1.29, 1.82) is 0 Å². The van der Waals surface area contributed by atoms with Crippen LogP contribution >= 0.6 is 8.45 Å². The first kappa shape index (κ1) is 13.3. The van der Waals surface area contributed by atoms with Crippen LogP contribution in [0, 0.1) is 0 Å². The number of nitrogens with two attached hydrogens (primary N) is 2. The van der Waals surface area contributed by atoms with Crippen LogP contribution < -0.4 is 11.0 Å². The summed E-state index contributed by atoms with van der Waals surface area (Å²) in [7, 11) is -1.20. The van der Waals surface area contributed by atoms with Gasteiger partial charge in [0.05, 0.1) is 6.61 Å². The molecule has 0 aliphatic carbocycles. The highest BCUT2D eigenvalue weighted by molar-refractivity contribution is 7.47. The van der Waals surface area contributed by atoms with E-state index in [0.717, 1.165) is 6.54 Å². The van der Waals surface area contributed by atoms with E-state index in [0.29, 0.717) is 18.7 Å². The zero-order valence-electron chi connectivity index (χ0n) is 9.03. The van der Waals surface area contributed by atoms with Crippen molar-refractivity contribution in [3.8, 4) is 0 Å². The molecule has 0 spiro atoms. The lowest BCUT2D eigenvalue weighted by atomic mass is 10.2. The van der Waals surface area contributed by atoms with Gasteiger partial charge in [-0.3, -0.25) is 15.9 Å². The minimum atomic E-state index is -1.20. The lowest BCUT2D eigenvalue weighted by Crippen LogP contribution is -2.39. The van der Waals surface area contributed by atoms with Gasteiger partial charge in [-0.2, -0.15) is 0 Å². The molecule has 0 radical (unpaired) electrons. The third-order valence-corrected chi connectivity index (χ3v) is 2.40. The van der Waals surface area contributed by atoms with Crippen LogP contribution in [0.5, 0.6) is 0 Å². The number of hydrogen-bond donors (Lipinski definition) is 2. The third kappa shape index (κ3) is 6.36. The topological polar surface area (TPSA) is 64.5 Å². The Hall–Kier alpha value is 0.270. The lowest BCUT2D eigenvalue weighted by Gasteiger charge is -2.30. The van der Waals surface area contributed by atoms with Gasteiger partial charge in [-0.15, -0.1) is 0 Å².